The van der Waals surface area contributed by atoms with Gasteiger partial charge in [0.15, 0.2) is 0 Å². The van der Waals surface area contributed by atoms with E-state index in [0.717, 1.165) is 5.57 Å². The zero-order chi connectivity index (χ0) is 11.8. The van der Waals surface area contributed by atoms with Gasteiger partial charge in [-0.25, -0.2) is 0 Å². The highest BCUT2D eigenvalue weighted by Crippen LogP contribution is 2.11. The Bertz CT molecular complexity index is 245. The Labute approximate surface area is 89.9 Å². The van der Waals surface area contributed by atoms with Gasteiger partial charge in [0.1, 0.15) is 6.61 Å². The smallest absolute Gasteiger partial charge is 0.306 e. The molecule has 0 bridgehead atoms. The summed E-state index contributed by atoms with van der Waals surface area (Å²) >= 11 is 0. The van der Waals surface area contributed by atoms with E-state index in [0.29, 0.717) is 19.3 Å². The molecule has 4 nitrogen and oxygen atoms in total. The fourth-order valence-electron chi connectivity index (χ4n) is 0.901. The molecule has 0 spiro atoms. The lowest BCUT2D eigenvalue weighted by Crippen LogP contribution is -2.11. The number of esters is 1. The van der Waals surface area contributed by atoms with E-state index in [1.165, 1.54) is 0 Å². The number of rotatable bonds is 7. The molecule has 0 aromatic carbocycles. The molecule has 0 aromatic rings. The maximum atomic E-state index is 10.8. The molecule has 0 aliphatic heterocycles. The average molecular weight is 214 g/mol. The maximum absolute atomic E-state index is 10.8. The first-order valence-electron chi connectivity index (χ1n) is 5.02. The van der Waals surface area contributed by atoms with Crippen LogP contribution in [0.4, 0.5) is 0 Å². The Morgan fingerprint density at radius 2 is 2.07 bits per heavy atom. The zero-order valence-electron chi connectivity index (χ0n) is 9.28. The first-order valence-corrected chi connectivity index (χ1v) is 5.02. The Hall–Kier alpha value is -1.32. The van der Waals surface area contributed by atoms with Crippen LogP contribution < -0.4 is 0 Å². The van der Waals surface area contributed by atoms with Gasteiger partial charge in [0, 0.05) is 6.42 Å². The van der Waals surface area contributed by atoms with E-state index < -0.39 is 5.97 Å². The summed E-state index contributed by atoms with van der Waals surface area (Å²) in [7, 11) is 0. The summed E-state index contributed by atoms with van der Waals surface area (Å²) in [6, 6.07) is 0. The molecule has 1 N–H and O–H groups in total. The third-order valence-corrected chi connectivity index (χ3v) is 2.08. The molecular weight excluding hydrogens is 196 g/mol. The molecule has 15 heavy (non-hydrogen) atoms. The van der Waals surface area contributed by atoms with Crippen molar-refractivity contribution in [1.29, 1.82) is 0 Å². The van der Waals surface area contributed by atoms with Crippen LogP contribution in [0.2, 0.25) is 0 Å². The minimum absolute atomic E-state index is 0.193. The monoisotopic (exact) mass is 214 g/mol. The Morgan fingerprint density at radius 1 is 1.47 bits per heavy atom. The predicted octanol–water partition coefficient (Wildman–Crippen LogP) is 2.00. The van der Waals surface area contributed by atoms with Gasteiger partial charge >= 0.3 is 11.9 Å². The highest BCUT2D eigenvalue weighted by Gasteiger charge is 2.11. The molecule has 0 radical (unpaired) electrons. The van der Waals surface area contributed by atoms with Crippen LogP contribution in [0.15, 0.2) is 12.2 Å². The van der Waals surface area contributed by atoms with E-state index in [2.05, 4.69) is 6.58 Å². The molecule has 0 aliphatic carbocycles. The van der Waals surface area contributed by atoms with E-state index in [9.17, 15) is 9.59 Å². The second-order valence-electron chi connectivity index (χ2n) is 3.54. The Morgan fingerprint density at radius 3 is 2.53 bits per heavy atom. The summed E-state index contributed by atoms with van der Waals surface area (Å²) in [6.07, 6.45) is 1.45. The van der Waals surface area contributed by atoms with Crippen LogP contribution in [0.25, 0.3) is 0 Å². The van der Waals surface area contributed by atoms with Gasteiger partial charge in [0.05, 0.1) is 5.92 Å². The van der Waals surface area contributed by atoms with Gasteiger partial charge in [-0.1, -0.05) is 20.4 Å². The van der Waals surface area contributed by atoms with Crippen LogP contribution >= 0.6 is 0 Å². The lowest BCUT2D eigenvalue weighted by Gasteiger charge is -2.08. The van der Waals surface area contributed by atoms with Gasteiger partial charge in [-0.2, -0.15) is 0 Å². The molecule has 0 saturated heterocycles. The van der Waals surface area contributed by atoms with Crippen molar-refractivity contribution in [2.24, 2.45) is 5.92 Å². The van der Waals surface area contributed by atoms with Crippen molar-refractivity contribution in [2.75, 3.05) is 6.61 Å². The zero-order valence-corrected chi connectivity index (χ0v) is 9.28. The van der Waals surface area contributed by atoms with Crippen LogP contribution in [-0.4, -0.2) is 23.7 Å². The lowest BCUT2D eigenvalue weighted by atomic mass is 10.0. The van der Waals surface area contributed by atoms with E-state index >= 15 is 0 Å². The van der Waals surface area contributed by atoms with E-state index in [1.54, 1.807) is 13.8 Å². The number of carboxylic acid groups (broad SMARTS) is 1. The number of carbonyl (C=O) groups is 2. The molecule has 86 valence electrons. The standard InChI is InChI=1S/C11H18O4/c1-4-10(12)15-7-8(2)5-6-9(3)11(13)14/h9H,2,4-7H2,1,3H3,(H,13,14). The molecule has 4 heteroatoms. The van der Waals surface area contributed by atoms with Crippen molar-refractivity contribution in [3.63, 3.8) is 0 Å². The average Bonchev–Trinajstić information content (AvgIpc) is 2.21. The molecule has 0 aliphatic rings. The number of hydrogen-bond donors (Lipinski definition) is 1. The largest absolute Gasteiger partial charge is 0.481 e. The first kappa shape index (κ1) is 13.7. The molecule has 0 saturated carbocycles. The molecular formula is C11H18O4. The van der Waals surface area contributed by atoms with Crippen molar-refractivity contribution in [3.8, 4) is 0 Å². The summed E-state index contributed by atoms with van der Waals surface area (Å²) in [5.74, 6) is -1.46. The quantitative estimate of drug-likeness (QED) is 0.520. The van der Waals surface area contributed by atoms with Crippen molar-refractivity contribution in [2.45, 2.75) is 33.1 Å². The Kier molecular flexibility index (Phi) is 6.42. The molecule has 1 atom stereocenters. The fraction of sp³-hybridized carbons (Fsp3) is 0.636. The Balaban J connectivity index is 3.66. The second kappa shape index (κ2) is 7.04. The van der Waals surface area contributed by atoms with Crippen LogP contribution in [0.1, 0.15) is 33.1 Å². The maximum Gasteiger partial charge on any atom is 0.306 e. The van der Waals surface area contributed by atoms with Crippen LogP contribution in [0, 0.1) is 5.92 Å². The minimum atomic E-state index is -0.812. The third kappa shape index (κ3) is 6.71. The number of carbonyl (C=O) groups excluding carboxylic acids is 1. The van der Waals surface area contributed by atoms with Gasteiger partial charge in [-0.05, 0) is 18.4 Å². The molecule has 1 unspecified atom stereocenters. The second-order valence-corrected chi connectivity index (χ2v) is 3.54. The van der Waals surface area contributed by atoms with Crippen molar-refractivity contribution < 1.29 is 19.4 Å². The summed E-state index contributed by atoms with van der Waals surface area (Å²) in [5, 5.41) is 8.64. The van der Waals surface area contributed by atoms with E-state index in [4.69, 9.17) is 9.84 Å². The van der Waals surface area contributed by atoms with Crippen molar-refractivity contribution in [3.05, 3.63) is 12.2 Å². The molecule has 0 heterocycles. The fourth-order valence-corrected chi connectivity index (χ4v) is 0.901. The van der Waals surface area contributed by atoms with Gasteiger partial charge in [0.25, 0.3) is 0 Å². The van der Waals surface area contributed by atoms with Crippen LogP contribution in [0.5, 0.6) is 0 Å². The predicted molar refractivity (Wildman–Crippen MR) is 56.4 cm³/mol. The van der Waals surface area contributed by atoms with Crippen LogP contribution in [0.3, 0.4) is 0 Å². The van der Waals surface area contributed by atoms with E-state index in [-0.39, 0.29) is 18.5 Å². The molecule has 0 rings (SSSR count). The summed E-state index contributed by atoms with van der Waals surface area (Å²) in [4.78, 5) is 21.3. The van der Waals surface area contributed by atoms with Gasteiger partial charge in [0.2, 0.25) is 0 Å². The topological polar surface area (TPSA) is 63.6 Å². The van der Waals surface area contributed by atoms with Gasteiger partial charge < -0.3 is 9.84 Å². The lowest BCUT2D eigenvalue weighted by molar-refractivity contribution is -0.143. The first-order chi connectivity index (χ1) is 6.97. The van der Waals surface area contributed by atoms with Crippen LogP contribution in [-0.2, 0) is 14.3 Å². The number of carboxylic acids is 1. The normalized spacial score (nSPS) is 11.9. The minimum Gasteiger partial charge on any atom is -0.481 e. The highest BCUT2D eigenvalue weighted by atomic mass is 16.5. The third-order valence-electron chi connectivity index (χ3n) is 2.08. The SMILES string of the molecule is C=C(CCC(C)C(=O)O)COC(=O)CC. The number of aliphatic carboxylic acids is 1. The summed E-state index contributed by atoms with van der Waals surface area (Å²) < 4.78 is 4.86. The summed E-state index contributed by atoms with van der Waals surface area (Å²) in [6.45, 7) is 7.28. The molecule has 0 fully saturated rings. The molecule has 0 amide bonds. The van der Waals surface area contributed by atoms with Crippen molar-refractivity contribution >= 4 is 11.9 Å². The number of hydrogen-bond acceptors (Lipinski definition) is 3. The highest BCUT2D eigenvalue weighted by molar-refractivity contribution is 5.69. The van der Waals surface area contributed by atoms with Gasteiger partial charge in [-0.3, -0.25) is 9.59 Å². The summed E-state index contributed by atoms with van der Waals surface area (Å²) in [5.41, 5.74) is 0.755. The van der Waals surface area contributed by atoms with Gasteiger partial charge in [-0.15, -0.1) is 0 Å². The van der Waals surface area contributed by atoms with Crippen molar-refractivity contribution in [1.82, 2.24) is 0 Å². The number of ether oxygens (including phenoxy) is 1. The van der Waals surface area contributed by atoms with E-state index in [1.807, 2.05) is 0 Å². The molecule has 0 aromatic heterocycles.